The van der Waals surface area contributed by atoms with Gasteiger partial charge in [-0.05, 0) is 26.2 Å². The monoisotopic (exact) mass is 199 g/mol. The van der Waals surface area contributed by atoms with Gasteiger partial charge in [-0.3, -0.25) is 4.79 Å². The lowest BCUT2D eigenvalue weighted by molar-refractivity contribution is -0.139. The molecule has 14 heavy (non-hydrogen) atoms. The Labute approximate surface area is 86.2 Å². The zero-order valence-electron chi connectivity index (χ0n) is 9.27. The molecule has 3 heteroatoms. The molecule has 0 spiro atoms. The van der Waals surface area contributed by atoms with Crippen LogP contribution >= 0.6 is 0 Å². The summed E-state index contributed by atoms with van der Waals surface area (Å²) in [5.41, 5.74) is -0.549. The molecular formula is C11H21NO2. The van der Waals surface area contributed by atoms with E-state index < -0.39 is 5.60 Å². The molecule has 1 aliphatic rings. The molecule has 0 aromatic carbocycles. The van der Waals surface area contributed by atoms with E-state index in [2.05, 4.69) is 12.2 Å². The summed E-state index contributed by atoms with van der Waals surface area (Å²) in [5.74, 6) is 0.0612. The Kier molecular flexibility index (Phi) is 4.39. The number of carbonyl (C=O) groups excluding carboxylic acids is 1. The van der Waals surface area contributed by atoms with Crippen LogP contribution in [0.3, 0.4) is 0 Å². The molecule has 1 unspecified atom stereocenters. The number of hydrogen-bond donors (Lipinski definition) is 1. The van der Waals surface area contributed by atoms with E-state index in [0.29, 0.717) is 0 Å². The van der Waals surface area contributed by atoms with E-state index in [1.165, 1.54) is 12.8 Å². The summed E-state index contributed by atoms with van der Waals surface area (Å²) in [5, 5.41) is 2.94. The first-order valence-corrected chi connectivity index (χ1v) is 5.61. The summed E-state index contributed by atoms with van der Waals surface area (Å²) < 4.78 is 5.45. The normalized spacial score (nSPS) is 26.4. The van der Waals surface area contributed by atoms with Gasteiger partial charge < -0.3 is 10.1 Å². The van der Waals surface area contributed by atoms with Crippen LogP contribution in [0.25, 0.3) is 0 Å². The average Bonchev–Trinajstić information content (AvgIpc) is 2.61. The van der Waals surface area contributed by atoms with Gasteiger partial charge in [-0.25, -0.2) is 0 Å². The van der Waals surface area contributed by atoms with Crippen molar-refractivity contribution in [3.63, 3.8) is 0 Å². The fourth-order valence-electron chi connectivity index (χ4n) is 1.72. The molecule has 1 atom stereocenters. The first kappa shape index (κ1) is 11.5. The van der Waals surface area contributed by atoms with Crippen LogP contribution in [0, 0.1) is 0 Å². The lowest BCUT2D eigenvalue weighted by Gasteiger charge is -2.21. The fourth-order valence-corrected chi connectivity index (χ4v) is 1.72. The van der Waals surface area contributed by atoms with E-state index in [-0.39, 0.29) is 5.91 Å². The van der Waals surface area contributed by atoms with Crippen molar-refractivity contribution >= 4 is 5.91 Å². The SMILES string of the molecule is CCCCCNC(=O)C1(C)CCCO1. The number of ether oxygens (including phenoxy) is 1. The number of rotatable bonds is 5. The van der Waals surface area contributed by atoms with E-state index in [4.69, 9.17) is 4.74 Å². The Morgan fingerprint density at radius 3 is 2.86 bits per heavy atom. The molecule has 0 aromatic rings. The highest BCUT2D eigenvalue weighted by atomic mass is 16.5. The van der Waals surface area contributed by atoms with E-state index in [1.807, 2.05) is 6.92 Å². The van der Waals surface area contributed by atoms with Crippen LogP contribution in [0.1, 0.15) is 46.0 Å². The van der Waals surface area contributed by atoms with Gasteiger partial charge >= 0.3 is 0 Å². The molecule has 1 saturated heterocycles. The van der Waals surface area contributed by atoms with Crippen LogP contribution in [0.15, 0.2) is 0 Å². The Bertz CT molecular complexity index is 186. The minimum atomic E-state index is -0.549. The van der Waals surface area contributed by atoms with Crippen molar-refractivity contribution in [1.82, 2.24) is 5.32 Å². The number of amides is 1. The maximum atomic E-state index is 11.7. The lowest BCUT2D eigenvalue weighted by Crippen LogP contribution is -2.44. The average molecular weight is 199 g/mol. The number of unbranched alkanes of at least 4 members (excludes halogenated alkanes) is 2. The lowest BCUT2D eigenvalue weighted by atomic mass is 10.0. The van der Waals surface area contributed by atoms with Crippen molar-refractivity contribution in [2.45, 2.75) is 51.6 Å². The Hall–Kier alpha value is -0.570. The molecule has 0 aliphatic carbocycles. The Balaban J connectivity index is 2.20. The van der Waals surface area contributed by atoms with E-state index in [0.717, 1.165) is 32.4 Å². The summed E-state index contributed by atoms with van der Waals surface area (Å²) in [7, 11) is 0. The largest absolute Gasteiger partial charge is 0.365 e. The third-order valence-electron chi connectivity index (χ3n) is 2.77. The molecule has 1 heterocycles. The van der Waals surface area contributed by atoms with Gasteiger partial charge in [-0.15, -0.1) is 0 Å². The Morgan fingerprint density at radius 2 is 2.29 bits per heavy atom. The molecule has 0 aromatic heterocycles. The van der Waals surface area contributed by atoms with Crippen molar-refractivity contribution in [2.75, 3.05) is 13.2 Å². The minimum Gasteiger partial charge on any atom is -0.365 e. The highest BCUT2D eigenvalue weighted by molar-refractivity contribution is 5.84. The van der Waals surface area contributed by atoms with Crippen molar-refractivity contribution < 1.29 is 9.53 Å². The molecule has 1 rings (SSSR count). The fraction of sp³-hybridized carbons (Fsp3) is 0.909. The van der Waals surface area contributed by atoms with E-state index in [1.54, 1.807) is 0 Å². The topological polar surface area (TPSA) is 38.3 Å². The smallest absolute Gasteiger partial charge is 0.251 e. The number of nitrogens with one attached hydrogen (secondary N) is 1. The molecular weight excluding hydrogens is 178 g/mol. The second-order valence-corrected chi connectivity index (χ2v) is 4.15. The zero-order chi connectivity index (χ0) is 10.4. The standard InChI is InChI=1S/C11H21NO2/c1-3-4-5-8-12-10(13)11(2)7-6-9-14-11/h3-9H2,1-2H3,(H,12,13). The third-order valence-corrected chi connectivity index (χ3v) is 2.77. The predicted molar refractivity (Wildman–Crippen MR) is 56.1 cm³/mol. The van der Waals surface area contributed by atoms with Crippen molar-refractivity contribution in [2.24, 2.45) is 0 Å². The van der Waals surface area contributed by atoms with Gasteiger partial charge in [0.15, 0.2) is 0 Å². The van der Waals surface area contributed by atoms with Crippen LogP contribution in [0.5, 0.6) is 0 Å². The molecule has 82 valence electrons. The maximum Gasteiger partial charge on any atom is 0.251 e. The van der Waals surface area contributed by atoms with Gasteiger partial charge in [0.05, 0.1) is 0 Å². The van der Waals surface area contributed by atoms with Crippen molar-refractivity contribution in [3.05, 3.63) is 0 Å². The summed E-state index contributed by atoms with van der Waals surface area (Å²) in [6.45, 7) is 5.54. The van der Waals surface area contributed by atoms with Gasteiger partial charge in [0.25, 0.3) is 5.91 Å². The van der Waals surface area contributed by atoms with Crippen LogP contribution in [-0.2, 0) is 9.53 Å². The summed E-state index contributed by atoms with van der Waals surface area (Å²) in [6, 6.07) is 0. The summed E-state index contributed by atoms with van der Waals surface area (Å²) in [4.78, 5) is 11.7. The van der Waals surface area contributed by atoms with E-state index >= 15 is 0 Å². The summed E-state index contributed by atoms with van der Waals surface area (Å²) >= 11 is 0. The molecule has 1 fully saturated rings. The van der Waals surface area contributed by atoms with Gasteiger partial charge in [-0.1, -0.05) is 19.8 Å². The van der Waals surface area contributed by atoms with Crippen molar-refractivity contribution in [1.29, 1.82) is 0 Å². The molecule has 0 radical (unpaired) electrons. The quantitative estimate of drug-likeness (QED) is 0.686. The van der Waals surface area contributed by atoms with Crippen LogP contribution in [-0.4, -0.2) is 24.7 Å². The van der Waals surface area contributed by atoms with Gasteiger partial charge in [0.1, 0.15) is 5.60 Å². The molecule has 1 aliphatic heterocycles. The molecule has 3 nitrogen and oxygen atoms in total. The van der Waals surface area contributed by atoms with Crippen LogP contribution in [0.4, 0.5) is 0 Å². The highest BCUT2D eigenvalue weighted by Gasteiger charge is 2.37. The zero-order valence-corrected chi connectivity index (χ0v) is 9.27. The third kappa shape index (κ3) is 2.98. The first-order chi connectivity index (χ1) is 6.69. The molecule has 1 N–H and O–H groups in total. The van der Waals surface area contributed by atoms with Crippen LogP contribution < -0.4 is 5.32 Å². The van der Waals surface area contributed by atoms with E-state index in [9.17, 15) is 4.79 Å². The van der Waals surface area contributed by atoms with Gasteiger partial charge in [0, 0.05) is 13.2 Å². The maximum absolute atomic E-state index is 11.7. The second kappa shape index (κ2) is 5.35. The molecule has 0 saturated carbocycles. The van der Waals surface area contributed by atoms with Gasteiger partial charge in [-0.2, -0.15) is 0 Å². The van der Waals surface area contributed by atoms with Crippen molar-refractivity contribution in [3.8, 4) is 0 Å². The number of carbonyl (C=O) groups is 1. The Morgan fingerprint density at radius 1 is 1.50 bits per heavy atom. The second-order valence-electron chi connectivity index (χ2n) is 4.15. The van der Waals surface area contributed by atoms with Gasteiger partial charge in [0.2, 0.25) is 0 Å². The minimum absolute atomic E-state index is 0.0612. The first-order valence-electron chi connectivity index (χ1n) is 5.61. The molecule has 0 bridgehead atoms. The highest BCUT2D eigenvalue weighted by Crippen LogP contribution is 2.24. The van der Waals surface area contributed by atoms with Crippen LogP contribution in [0.2, 0.25) is 0 Å². The predicted octanol–water partition coefficient (Wildman–Crippen LogP) is 1.86. The number of hydrogen-bond acceptors (Lipinski definition) is 2. The molecule has 1 amide bonds. The summed E-state index contributed by atoms with van der Waals surface area (Å²) in [6.07, 6.45) is 5.28.